The fourth-order valence-corrected chi connectivity index (χ4v) is 1.07. The largest absolute Gasteiger partial charge is 0.395 e. The number of nitrogens with zero attached hydrogens (tertiary/aromatic N) is 2. The van der Waals surface area contributed by atoms with Gasteiger partial charge in [-0.05, 0) is 13.8 Å². The van der Waals surface area contributed by atoms with Crippen molar-refractivity contribution in [2.75, 3.05) is 5.73 Å². The summed E-state index contributed by atoms with van der Waals surface area (Å²) in [6.45, 7) is 4.57. The highest BCUT2D eigenvalue weighted by atomic mass is 35.5. The first kappa shape index (κ1) is 7.41. The molecule has 3 nitrogen and oxygen atoms in total. The summed E-state index contributed by atoms with van der Waals surface area (Å²) in [4.78, 5) is 0. The minimum absolute atomic E-state index is 0.542. The van der Waals surface area contributed by atoms with Crippen LogP contribution in [0, 0.1) is 6.92 Å². The van der Waals surface area contributed by atoms with Crippen LogP contribution >= 0.6 is 11.6 Å². The molecule has 2 N–H and O–H groups in total. The molecule has 4 heteroatoms. The first-order valence-electron chi connectivity index (χ1n) is 3.15. The van der Waals surface area contributed by atoms with E-state index in [1.54, 1.807) is 4.68 Å². The van der Waals surface area contributed by atoms with E-state index >= 15 is 0 Å². The molecule has 56 valence electrons. The molecular weight excluding hydrogens is 150 g/mol. The van der Waals surface area contributed by atoms with E-state index < -0.39 is 0 Å². The van der Waals surface area contributed by atoms with Crippen molar-refractivity contribution < 1.29 is 0 Å². The monoisotopic (exact) mass is 159 g/mol. The van der Waals surface area contributed by atoms with Crippen LogP contribution in [0.5, 0.6) is 0 Å². The highest BCUT2D eigenvalue weighted by molar-refractivity contribution is 6.32. The zero-order chi connectivity index (χ0) is 7.72. The van der Waals surface area contributed by atoms with Crippen LogP contribution in [0.4, 0.5) is 5.69 Å². The van der Waals surface area contributed by atoms with Gasteiger partial charge in [0.05, 0.1) is 11.4 Å². The molecule has 0 atom stereocenters. The van der Waals surface area contributed by atoms with Crippen LogP contribution in [0.1, 0.15) is 12.6 Å². The van der Waals surface area contributed by atoms with Crippen molar-refractivity contribution in [1.29, 1.82) is 0 Å². The first-order valence-corrected chi connectivity index (χ1v) is 3.53. The number of halogens is 1. The van der Waals surface area contributed by atoms with Gasteiger partial charge >= 0.3 is 0 Å². The van der Waals surface area contributed by atoms with Gasteiger partial charge in [0.25, 0.3) is 0 Å². The molecule has 0 amide bonds. The Labute approximate surface area is 64.8 Å². The molecule has 10 heavy (non-hydrogen) atoms. The molecule has 0 aliphatic heterocycles. The topological polar surface area (TPSA) is 43.8 Å². The maximum atomic E-state index is 5.79. The Morgan fingerprint density at radius 3 is 2.50 bits per heavy atom. The van der Waals surface area contributed by atoms with Crippen LogP contribution in [0.3, 0.4) is 0 Å². The second kappa shape index (κ2) is 2.50. The number of aryl methyl sites for hydroxylation is 2. The summed E-state index contributed by atoms with van der Waals surface area (Å²) in [5.74, 6) is 0. The lowest BCUT2D eigenvalue weighted by atomic mass is 10.4. The van der Waals surface area contributed by atoms with Crippen LogP contribution in [0.15, 0.2) is 0 Å². The molecule has 1 aromatic rings. The predicted molar refractivity (Wildman–Crippen MR) is 42.1 cm³/mol. The molecule has 0 saturated carbocycles. The smallest absolute Gasteiger partial charge is 0.150 e. The second-order valence-electron chi connectivity index (χ2n) is 2.11. The highest BCUT2D eigenvalue weighted by Gasteiger charge is 2.06. The molecule has 1 heterocycles. The van der Waals surface area contributed by atoms with E-state index in [1.165, 1.54) is 0 Å². The number of nitrogens with two attached hydrogens (primary N) is 1. The fourth-order valence-electron chi connectivity index (χ4n) is 0.777. The molecule has 0 radical (unpaired) electrons. The normalized spacial score (nSPS) is 10.3. The summed E-state index contributed by atoms with van der Waals surface area (Å²) in [6, 6.07) is 0. The van der Waals surface area contributed by atoms with Crippen molar-refractivity contribution in [2.24, 2.45) is 0 Å². The summed E-state index contributed by atoms with van der Waals surface area (Å²) >= 11 is 5.79. The molecule has 0 spiro atoms. The third kappa shape index (κ3) is 0.968. The number of hydrogen-bond acceptors (Lipinski definition) is 2. The standard InChI is InChI=1S/C6H10ClN3/c1-3-10-6(7)5(8)4(2)9-10/h3,8H2,1-2H3. The van der Waals surface area contributed by atoms with E-state index in [1.807, 2.05) is 13.8 Å². The van der Waals surface area contributed by atoms with Gasteiger partial charge in [0.15, 0.2) is 0 Å². The fraction of sp³-hybridized carbons (Fsp3) is 0.500. The molecular formula is C6H10ClN3. The summed E-state index contributed by atoms with van der Waals surface area (Å²) in [6.07, 6.45) is 0. The van der Waals surface area contributed by atoms with Crippen LogP contribution < -0.4 is 5.73 Å². The first-order chi connectivity index (χ1) is 4.66. The zero-order valence-corrected chi connectivity index (χ0v) is 6.81. The maximum absolute atomic E-state index is 5.79. The third-order valence-corrected chi connectivity index (χ3v) is 1.81. The lowest BCUT2D eigenvalue weighted by Crippen LogP contribution is -1.95. The molecule has 0 aromatic carbocycles. The van der Waals surface area contributed by atoms with E-state index in [4.69, 9.17) is 17.3 Å². The van der Waals surface area contributed by atoms with E-state index in [2.05, 4.69) is 5.10 Å². The number of aromatic nitrogens is 2. The summed E-state index contributed by atoms with van der Waals surface area (Å²) < 4.78 is 1.67. The quantitative estimate of drug-likeness (QED) is 0.674. The SMILES string of the molecule is CCn1nc(C)c(N)c1Cl. The van der Waals surface area contributed by atoms with Gasteiger partial charge in [0.2, 0.25) is 0 Å². The van der Waals surface area contributed by atoms with Crippen molar-refractivity contribution >= 4 is 17.3 Å². The zero-order valence-electron chi connectivity index (χ0n) is 6.06. The van der Waals surface area contributed by atoms with Crippen molar-refractivity contribution in [3.8, 4) is 0 Å². The maximum Gasteiger partial charge on any atom is 0.150 e. The van der Waals surface area contributed by atoms with Crippen molar-refractivity contribution in [1.82, 2.24) is 9.78 Å². The van der Waals surface area contributed by atoms with Gasteiger partial charge in [-0.25, -0.2) is 0 Å². The van der Waals surface area contributed by atoms with Crippen molar-refractivity contribution in [3.63, 3.8) is 0 Å². The van der Waals surface area contributed by atoms with E-state index in [-0.39, 0.29) is 0 Å². The Hall–Kier alpha value is -0.700. The summed E-state index contributed by atoms with van der Waals surface area (Å²) in [5, 5.41) is 4.63. The average molecular weight is 160 g/mol. The highest BCUT2D eigenvalue weighted by Crippen LogP contribution is 2.20. The average Bonchev–Trinajstić information content (AvgIpc) is 2.17. The van der Waals surface area contributed by atoms with Crippen LogP contribution in [0.2, 0.25) is 5.15 Å². The Morgan fingerprint density at radius 1 is 1.70 bits per heavy atom. The van der Waals surface area contributed by atoms with Gasteiger partial charge in [0.1, 0.15) is 5.15 Å². The Bertz CT molecular complexity index is 241. The van der Waals surface area contributed by atoms with Gasteiger partial charge in [-0.3, -0.25) is 4.68 Å². The van der Waals surface area contributed by atoms with Gasteiger partial charge in [0, 0.05) is 6.54 Å². The van der Waals surface area contributed by atoms with Crippen LogP contribution in [-0.4, -0.2) is 9.78 Å². The Kier molecular flexibility index (Phi) is 1.85. The molecule has 1 rings (SSSR count). The molecule has 0 aliphatic carbocycles. The van der Waals surface area contributed by atoms with E-state index in [9.17, 15) is 0 Å². The lowest BCUT2D eigenvalue weighted by Gasteiger charge is -1.94. The molecule has 1 aromatic heterocycles. The van der Waals surface area contributed by atoms with Gasteiger partial charge in [-0.1, -0.05) is 11.6 Å². The lowest BCUT2D eigenvalue weighted by molar-refractivity contribution is 0.654. The minimum atomic E-state index is 0.542. The van der Waals surface area contributed by atoms with Crippen LogP contribution in [0.25, 0.3) is 0 Å². The number of hydrogen-bond donors (Lipinski definition) is 1. The minimum Gasteiger partial charge on any atom is -0.395 e. The summed E-state index contributed by atoms with van der Waals surface area (Å²) in [5.41, 5.74) is 6.95. The van der Waals surface area contributed by atoms with Crippen molar-refractivity contribution in [3.05, 3.63) is 10.8 Å². The number of anilines is 1. The number of rotatable bonds is 1. The molecule has 0 unspecified atom stereocenters. The van der Waals surface area contributed by atoms with Gasteiger partial charge < -0.3 is 5.73 Å². The predicted octanol–water partition coefficient (Wildman–Crippen LogP) is 1.45. The van der Waals surface area contributed by atoms with Gasteiger partial charge in [-0.2, -0.15) is 5.10 Å². The Morgan fingerprint density at radius 2 is 2.30 bits per heavy atom. The Balaban J connectivity index is 3.17. The molecule has 0 bridgehead atoms. The van der Waals surface area contributed by atoms with Gasteiger partial charge in [-0.15, -0.1) is 0 Å². The van der Waals surface area contributed by atoms with Crippen LogP contribution in [-0.2, 0) is 6.54 Å². The third-order valence-electron chi connectivity index (χ3n) is 1.41. The number of nitrogen functional groups attached to an aromatic ring is 1. The molecule has 0 fully saturated rings. The second-order valence-corrected chi connectivity index (χ2v) is 2.46. The molecule has 0 saturated heterocycles. The van der Waals surface area contributed by atoms with E-state index in [0.29, 0.717) is 10.8 Å². The molecule has 0 aliphatic rings. The van der Waals surface area contributed by atoms with E-state index in [0.717, 1.165) is 12.2 Å². The summed E-state index contributed by atoms with van der Waals surface area (Å²) in [7, 11) is 0. The van der Waals surface area contributed by atoms with Crippen molar-refractivity contribution in [2.45, 2.75) is 20.4 Å².